The zero-order valence-corrected chi connectivity index (χ0v) is 15.7. The smallest absolute Gasteiger partial charge is 0.266 e. The second kappa shape index (κ2) is 7.39. The Kier molecular flexibility index (Phi) is 4.80. The lowest BCUT2D eigenvalue weighted by atomic mass is 10.1. The Hall–Kier alpha value is -2.88. The van der Waals surface area contributed by atoms with Crippen molar-refractivity contribution in [2.24, 2.45) is 4.99 Å². The fourth-order valence-corrected chi connectivity index (χ4v) is 3.10. The second-order valence-corrected chi connectivity index (χ2v) is 6.87. The number of hydrogen-bond acceptors (Lipinski definition) is 2. The van der Waals surface area contributed by atoms with Crippen LogP contribution < -0.4 is 4.90 Å². The van der Waals surface area contributed by atoms with Crippen LogP contribution in [0, 0.1) is 0 Å². The highest BCUT2D eigenvalue weighted by atomic mass is 35.5. The van der Waals surface area contributed by atoms with Crippen LogP contribution in [0.25, 0.3) is 6.08 Å². The van der Waals surface area contributed by atoms with E-state index in [0.717, 1.165) is 11.1 Å². The molecule has 0 fully saturated rings. The summed E-state index contributed by atoms with van der Waals surface area (Å²) in [6.45, 7) is 0. The Morgan fingerprint density at radius 2 is 1.37 bits per heavy atom. The van der Waals surface area contributed by atoms with Crippen LogP contribution in [0.1, 0.15) is 11.1 Å². The molecule has 0 atom stereocenters. The third kappa shape index (κ3) is 3.65. The molecule has 5 heteroatoms. The number of carbonyl (C=O) groups excluding carboxylic acids is 1. The van der Waals surface area contributed by atoms with Gasteiger partial charge in [0.15, 0.2) is 0 Å². The molecule has 3 aromatic rings. The number of nitrogens with zero attached hydrogens (tertiary/aromatic N) is 2. The molecule has 1 aliphatic rings. The molecule has 3 aromatic carbocycles. The maximum absolute atomic E-state index is 13.1. The fraction of sp³-hybridized carbons (Fsp3) is 0. The molecule has 0 spiro atoms. The van der Waals surface area contributed by atoms with Crippen molar-refractivity contribution in [3.63, 3.8) is 0 Å². The van der Waals surface area contributed by atoms with Crippen molar-refractivity contribution in [3.8, 4) is 0 Å². The Labute approximate surface area is 167 Å². The fourth-order valence-electron chi connectivity index (χ4n) is 2.84. The number of halogens is 2. The Morgan fingerprint density at radius 3 is 2.00 bits per heavy atom. The molecule has 1 amide bonds. The monoisotopic (exact) mass is 392 g/mol. The summed E-state index contributed by atoms with van der Waals surface area (Å²) in [6.07, 6.45) is 1.76. The van der Waals surface area contributed by atoms with Crippen LogP contribution in [0.4, 0.5) is 5.69 Å². The second-order valence-electron chi connectivity index (χ2n) is 6.00. The Bertz CT molecular complexity index is 1040. The summed E-state index contributed by atoms with van der Waals surface area (Å²) in [5, 5.41) is 1.26. The van der Waals surface area contributed by atoms with E-state index in [-0.39, 0.29) is 5.91 Å². The molecule has 4 rings (SSSR count). The zero-order chi connectivity index (χ0) is 18.8. The van der Waals surface area contributed by atoms with Gasteiger partial charge in [-0.05, 0) is 48.0 Å². The van der Waals surface area contributed by atoms with Gasteiger partial charge in [0.2, 0.25) is 0 Å². The van der Waals surface area contributed by atoms with Crippen molar-refractivity contribution >= 4 is 46.7 Å². The molecule has 0 radical (unpaired) electrons. The van der Waals surface area contributed by atoms with Crippen LogP contribution in [-0.2, 0) is 4.79 Å². The van der Waals surface area contributed by atoms with Crippen LogP contribution in [0.3, 0.4) is 0 Å². The molecule has 0 aliphatic carbocycles. The van der Waals surface area contributed by atoms with Crippen molar-refractivity contribution in [1.29, 1.82) is 0 Å². The molecule has 0 unspecified atom stereocenters. The number of aliphatic imine (C=N–C) groups is 1. The minimum absolute atomic E-state index is 0.189. The van der Waals surface area contributed by atoms with E-state index in [1.165, 1.54) is 0 Å². The lowest BCUT2D eigenvalue weighted by Gasteiger charge is -2.18. The summed E-state index contributed by atoms with van der Waals surface area (Å²) in [5.41, 5.74) is 2.80. The van der Waals surface area contributed by atoms with Gasteiger partial charge >= 0.3 is 0 Å². The van der Waals surface area contributed by atoms with Crippen molar-refractivity contribution in [2.45, 2.75) is 0 Å². The van der Waals surface area contributed by atoms with E-state index < -0.39 is 0 Å². The molecule has 0 saturated carbocycles. The molecule has 132 valence electrons. The molecule has 0 bridgehead atoms. The SMILES string of the molecule is O=C1C(=Cc2ccc(Cl)cc2)N=C(c2ccccc2)N1c1ccc(Cl)cc1. The number of benzene rings is 3. The number of anilines is 1. The number of carbonyl (C=O) groups is 1. The first-order valence-corrected chi connectivity index (χ1v) is 9.09. The maximum Gasteiger partial charge on any atom is 0.282 e. The van der Waals surface area contributed by atoms with Crippen LogP contribution in [0.15, 0.2) is 89.6 Å². The summed E-state index contributed by atoms with van der Waals surface area (Å²) in [4.78, 5) is 19.4. The predicted octanol–water partition coefficient (Wildman–Crippen LogP) is 5.83. The van der Waals surface area contributed by atoms with Gasteiger partial charge in [0, 0.05) is 15.6 Å². The summed E-state index contributed by atoms with van der Waals surface area (Å²) in [5.74, 6) is 0.397. The van der Waals surface area contributed by atoms with E-state index in [2.05, 4.69) is 4.99 Å². The number of amidine groups is 1. The molecule has 0 N–H and O–H groups in total. The highest BCUT2D eigenvalue weighted by Gasteiger charge is 2.32. The quantitative estimate of drug-likeness (QED) is 0.516. The van der Waals surface area contributed by atoms with Gasteiger partial charge in [-0.3, -0.25) is 9.69 Å². The highest BCUT2D eigenvalue weighted by molar-refractivity contribution is 6.34. The normalized spacial score (nSPS) is 15.3. The lowest BCUT2D eigenvalue weighted by Crippen LogP contribution is -2.32. The molecule has 27 heavy (non-hydrogen) atoms. The van der Waals surface area contributed by atoms with Gasteiger partial charge in [-0.15, -0.1) is 0 Å². The first kappa shape index (κ1) is 17.5. The zero-order valence-electron chi connectivity index (χ0n) is 14.1. The average Bonchev–Trinajstić information content (AvgIpc) is 3.01. The molecular formula is C22H14Cl2N2O. The molecule has 3 nitrogen and oxygen atoms in total. The standard InChI is InChI=1S/C22H14Cl2N2O/c23-17-8-6-15(7-9-17)14-20-22(27)26(19-12-10-18(24)11-13-19)21(25-20)16-4-2-1-3-5-16/h1-14H. The minimum Gasteiger partial charge on any atom is -0.266 e. The van der Waals surface area contributed by atoms with Crippen LogP contribution in [-0.4, -0.2) is 11.7 Å². The van der Waals surface area contributed by atoms with Gasteiger partial charge < -0.3 is 0 Å². The van der Waals surface area contributed by atoms with E-state index in [4.69, 9.17) is 23.2 Å². The van der Waals surface area contributed by atoms with Gasteiger partial charge in [0.25, 0.3) is 5.91 Å². The largest absolute Gasteiger partial charge is 0.282 e. The molecule has 1 heterocycles. The van der Waals surface area contributed by atoms with Crippen molar-refractivity contribution < 1.29 is 4.79 Å². The third-order valence-corrected chi connectivity index (χ3v) is 4.65. The van der Waals surface area contributed by atoms with Crippen molar-refractivity contribution in [1.82, 2.24) is 0 Å². The van der Waals surface area contributed by atoms with Gasteiger partial charge in [-0.1, -0.05) is 65.7 Å². The first-order valence-electron chi connectivity index (χ1n) is 8.33. The van der Waals surface area contributed by atoms with Crippen LogP contribution in [0.2, 0.25) is 10.0 Å². The van der Waals surface area contributed by atoms with Crippen LogP contribution >= 0.6 is 23.2 Å². The third-order valence-electron chi connectivity index (χ3n) is 4.15. The molecule has 0 saturated heterocycles. The van der Waals surface area contributed by atoms with Gasteiger partial charge in [0.1, 0.15) is 11.5 Å². The first-order chi connectivity index (χ1) is 13.1. The minimum atomic E-state index is -0.189. The molecule has 1 aliphatic heterocycles. The maximum atomic E-state index is 13.1. The van der Waals surface area contributed by atoms with Gasteiger partial charge in [-0.25, -0.2) is 4.99 Å². The number of hydrogen-bond donors (Lipinski definition) is 0. The van der Waals surface area contributed by atoms with E-state index >= 15 is 0 Å². The van der Waals surface area contributed by atoms with E-state index in [9.17, 15) is 4.79 Å². The number of amides is 1. The summed E-state index contributed by atoms with van der Waals surface area (Å²) >= 11 is 11.9. The van der Waals surface area contributed by atoms with Gasteiger partial charge in [0.05, 0.1) is 5.69 Å². The van der Waals surface area contributed by atoms with E-state index in [1.807, 2.05) is 54.6 Å². The highest BCUT2D eigenvalue weighted by Crippen LogP contribution is 2.29. The predicted molar refractivity (Wildman–Crippen MR) is 111 cm³/mol. The van der Waals surface area contributed by atoms with Crippen LogP contribution in [0.5, 0.6) is 0 Å². The van der Waals surface area contributed by atoms with E-state index in [1.54, 1.807) is 35.2 Å². The molecule has 0 aromatic heterocycles. The Morgan fingerprint density at radius 1 is 0.778 bits per heavy atom. The van der Waals surface area contributed by atoms with Crippen molar-refractivity contribution in [3.05, 3.63) is 106 Å². The topological polar surface area (TPSA) is 32.7 Å². The number of rotatable bonds is 3. The lowest BCUT2D eigenvalue weighted by molar-refractivity contribution is -0.113. The summed E-state index contributed by atoms with van der Waals surface area (Å²) < 4.78 is 0. The van der Waals surface area contributed by atoms with Gasteiger partial charge in [-0.2, -0.15) is 0 Å². The summed E-state index contributed by atoms with van der Waals surface area (Å²) in [6, 6.07) is 24.0. The van der Waals surface area contributed by atoms with E-state index in [0.29, 0.717) is 27.3 Å². The molecular weight excluding hydrogens is 379 g/mol. The summed E-state index contributed by atoms with van der Waals surface area (Å²) in [7, 11) is 0. The van der Waals surface area contributed by atoms with Crippen molar-refractivity contribution in [2.75, 3.05) is 4.90 Å². The Balaban J connectivity index is 1.80. The average molecular weight is 393 g/mol.